The summed E-state index contributed by atoms with van der Waals surface area (Å²) >= 11 is 1.63. The zero-order valence-corrected chi connectivity index (χ0v) is 11.1. The van der Waals surface area contributed by atoms with Crippen LogP contribution in [0, 0.1) is 0 Å². The van der Waals surface area contributed by atoms with E-state index in [9.17, 15) is 4.79 Å². The summed E-state index contributed by atoms with van der Waals surface area (Å²) in [6.07, 6.45) is 1.80. The van der Waals surface area contributed by atoms with Gasteiger partial charge in [0.25, 0.3) is 5.56 Å². The number of aromatic nitrogens is 2. The normalized spacial score (nSPS) is 10.7. The van der Waals surface area contributed by atoms with Gasteiger partial charge in [0.05, 0.1) is 15.7 Å². The molecule has 0 radical (unpaired) electrons. The van der Waals surface area contributed by atoms with Crippen LogP contribution in [0.5, 0.6) is 0 Å². The molecule has 96 valence electrons. The van der Waals surface area contributed by atoms with Crippen LogP contribution in [-0.4, -0.2) is 16.1 Å². The average Bonchev–Trinajstić information content (AvgIpc) is 2.88. The summed E-state index contributed by atoms with van der Waals surface area (Å²) in [7, 11) is 0. The number of fused-ring (bicyclic) bond motifs is 1. The lowest BCUT2D eigenvalue weighted by molar-refractivity contribution is 0.698. The van der Waals surface area contributed by atoms with E-state index >= 15 is 0 Å². The molecule has 0 amide bonds. The minimum atomic E-state index is 0.0298. The van der Waals surface area contributed by atoms with E-state index in [1.54, 1.807) is 34.2 Å². The van der Waals surface area contributed by atoms with E-state index in [0.29, 0.717) is 13.1 Å². The van der Waals surface area contributed by atoms with Gasteiger partial charge in [-0.15, -0.1) is 11.3 Å². The second kappa shape index (κ2) is 5.24. The molecular weight excluding hydrogens is 258 g/mol. The van der Waals surface area contributed by atoms with E-state index in [2.05, 4.69) is 16.4 Å². The molecular formula is C14H13N3OS. The molecule has 0 saturated carbocycles. The van der Waals surface area contributed by atoms with Crippen molar-refractivity contribution < 1.29 is 0 Å². The zero-order chi connectivity index (χ0) is 13.1. The number of pyridine rings is 1. The van der Waals surface area contributed by atoms with E-state index in [4.69, 9.17) is 0 Å². The van der Waals surface area contributed by atoms with E-state index in [1.807, 2.05) is 23.7 Å². The maximum Gasteiger partial charge on any atom is 0.250 e. The number of thiazole rings is 1. The van der Waals surface area contributed by atoms with E-state index in [-0.39, 0.29) is 5.56 Å². The van der Waals surface area contributed by atoms with Crippen molar-refractivity contribution >= 4 is 27.2 Å². The highest BCUT2D eigenvalue weighted by atomic mass is 32.1. The summed E-state index contributed by atoms with van der Waals surface area (Å²) in [5.74, 6) is 0. The van der Waals surface area contributed by atoms with Gasteiger partial charge in [-0.1, -0.05) is 6.07 Å². The van der Waals surface area contributed by atoms with Crippen molar-refractivity contribution in [1.82, 2.24) is 9.55 Å². The second-order valence-corrected chi connectivity index (χ2v) is 5.08. The van der Waals surface area contributed by atoms with Crippen LogP contribution in [0.3, 0.4) is 0 Å². The SMILES string of the molecule is O=c1ccccn1CCNc1ccc2ncsc2c1. The average molecular weight is 271 g/mol. The lowest BCUT2D eigenvalue weighted by atomic mass is 10.3. The Bertz CT molecular complexity index is 747. The standard InChI is InChI=1S/C14H13N3OS/c18-14-3-1-2-7-17(14)8-6-15-11-4-5-12-13(9-11)19-10-16-12/h1-5,7,9-10,15H,6,8H2. The maximum atomic E-state index is 11.5. The number of nitrogens with zero attached hydrogens (tertiary/aromatic N) is 2. The molecule has 19 heavy (non-hydrogen) atoms. The predicted molar refractivity (Wildman–Crippen MR) is 78.8 cm³/mol. The molecule has 5 heteroatoms. The third-order valence-corrected chi connectivity index (χ3v) is 3.70. The van der Waals surface area contributed by atoms with Crippen LogP contribution in [-0.2, 0) is 6.54 Å². The molecule has 2 heterocycles. The van der Waals surface area contributed by atoms with Crippen LogP contribution in [0.4, 0.5) is 5.69 Å². The monoisotopic (exact) mass is 271 g/mol. The van der Waals surface area contributed by atoms with Gasteiger partial charge >= 0.3 is 0 Å². The molecule has 0 aliphatic heterocycles. The Labute approximate surface area is 114 Å². The Morgan fingerprint density at radius 2 is 2.21 bits per heavy atom. The van der Waals surface area contributed by atoms with Crippen LogP contribution < -0.4 is 10.9 Å². The first-order chi connectivity index (χ1) is 9.33. The molecule has 1 N–H and O–H groups in total. The van der Waals surface area contributed by atoms with Gasteiger partial charge < -0.3 is 9.88 Å². The maximum absolute atomic E-state index is 11.5. The minimum Gasteiger partial charge on any atom is -0.383 e. The molecule has 0 unspecified atom stereocenters. The van der Waals surface area contributed by atoms with Gasteiger partial charge in [-0.25, -0.2) is 4.98 Å². The van der Waals surface area contributed by atoms with Crippen molar-refractivity contribution in [2.24, 2.45) is 0 Å². The van der Waals surface area contributed by atoms with Crippen molar-refractivity contribution in [2.45, 2.75) is 6.54 Å². The number of hydrogen-bond donors (Lipinski definition) is 1. The highest BCUT2D eigenvalue weighted by Gasteiger charge is 1.99. The molecule has 0 atom stereocenters. The molecule has 0 aliphatic carbocycles. The first kappa shape index (κ1) is 11.9. The summed E-state index contributed by atoms with van der Waals surface area (Å²) in [6, 6.07) is 11.3. The van der Waals surface area contributed by atoms with Gasteiger partial charge in [0, 0.05) is 31.0 Å². The van der Waals surface area contributed by atoms with E-state index in [0.717, 1.165) is 11.2 Å². The lowest BCUT2D eigenvalue weighted by Gasteiger charge is -2.08. The van der Waals surface area contributed by atoms with E-state index in [1.165, 1.54) is 4.70 Å². The summed E-state index contributed by atoms with van der Waals surface area (Å²) in [5, 5.41) is 3.32. The first-order valence-corrected chi connectivity index (χ1v) is 6.93. The van der Waals surface area contributed by atoms with Gasteiger partial charge in [-0.3, -0.25) is 4.79 Å². The molecule has 0 aliphatic rings. The van der Waals surface area contributed by atoms with Crippen molar-refractivity contribution in [1.29, 1.82) is 0 Å². The number of rotatable bonds is 4. The third-order valence-electron chi connectivity index (χ3n) is 2.91. The summed E-state index contributed by atoms with van der Waals surface area (Å²) in [5.41, 5.74) is 3.95. The minimum absolute atomic E-state index is 0.0298. The van der Waals surface area contributed by atoms with Crippen LogP contribution in [0.25, 0.3) is 10.2 Å². The summed E-state index contributed by atoms with van der Waals surface area (Å²) in [4.78, 5) is 15.8. The molecule has 0 fully saturated rings. The zero-order valence-electron chi connectivity index (χ0n) is 10.2. The van der Waals surface area contributed by atoms with Crippen molar-refractivity contribution in [3.05, 3.63) is 58.5 Å². The fourth-order valence-corrected chi connectivity index (χ4v) is 2.65. The Balaban J connectivity index is 1.66. The Morgan fingerprint density at radius 1 is 1.26 bits per heavy atom. The van der Waals surface area contributed by atoms with Crippen LogP contribution >= 0.6 is 11.3 Å². The molecule has 0 saturated heterocycles. The van der Waals surface area contributed by atoms with Crippen molar-refractivity contribution in [3.63, 3.8) is 0 Å². The number of nitrogens with one attached hydrogen (secondary N) is 1. The molecule has 2 aromatic heterocycles. The summed E-state index contributed by atoms with van der Waals surface area (Å²) in [6.45, 7) is 1.37. The van der Waals surface area contributed by atoms with Crippen molar-refractivity contribution in [3.8, 4) is 0 Å². The molecule has 1 aromatic carbocycles. The Morgan fingerprint density at radius 3 is 3.11 bits per heavy atom. The Kier molecular flexibility index (Phi) is 3.29. The smallest absolute Gasteiger partial charge is 0.250 e. The highest BCUT2D eigenvalue weighted by Crippen LogP contribution is 2.21. The first-order valence-electron chi connectivity index (χ1n) is 6.05. The number of hydrogen-bond acceptors (Lipinski definition) is 4. The largest absolute Gasteiger partial charge is 0.383 e. The highest BCUT2D eigenvalue weighted by molar-refractivity contribution is 7.16. The lowest BCUT2D eigenvalue weighted by Crippen LogP contribution is -2.21. The molecule has 4 nitrogen and oxygen atoms in total. The van der Waals surface area contributed by atoms with Gasteiger partial charge in [0.1, 0.15) is 0 Å². The fraction of sp³-hybridized carbons (Fsp3) is 0.143. The van der Waals surface area contributed by atoms with E-state index < -0.39 is 0 Å². The molecule has 3 aromatic rings. The quantitative estimate of drug-likeness (QED) is 0.793. The summed E-state index contributed by atoms with van der Waals surface area (Å²) < 4.78 is 2.86. The number of benzene rings is 1. The van der Waals surface area contributed by atoms with Crippen LogP contribution in [0.1, 0.15) is 0 Å². The molecule has 0 spiro atoms. The van der Waals surface area contributed by atoms with Crippen LogP contribution in [0.2, 0.25) is 0 Å². The predicted octanol–water partition coefficient (Wildman–Crippen LogP) is 2.57. The fourth-order valence-electron chi connectivity index (χ4n) is 1.93. The van der Waals surface area contributed by atoms with Gasteiger partial charge in [-0.05, 0) is 24.3 Å². The topological polar surface area (TPSA) is 46.9 Å². The van der Waals surface area contributed by atoms with Crippen LogP contribution in [0.15, 0.2) is 52.9 Å². The second-order valence-electron chi connectivity index (χ2n) is 4.19. The van der Waals surface area contributed by atoms with Gasteiger partial charge in [-0.2, -0.15) is 0 Å². The Hall–Kier alpha value is -2.14. The molecule has 3 rings (SSSR count). The van der Waals surface area contributed by atoms with Gasteiger partial charge in [0.2, 0.25) is 0 Å². The third kappa shape index (κ3) is 2.66. The molecule has 0 bridgehead atoms. The van der Waals surface area contributed by atoms with Gasteiger partial charge in [0.15, 0.2) is 0 Å². The van der Waals surface area contributed by atoms with Crippen molar-refractivity contribution in [2.75, 3.05) is 11.9 Å². The number of anilines is 1.